The monoisotopic (exact) mass is 189 g/mol. The molecule has 2 unspecified atom stereocenters. The van der Waals surface area contributed by atoms with Crippen molar-refractivity contribution in [2.24, 2.45) is 11.5 Å². The predicted octanol–water partition coefficient (Wildman–Crippen LogP) is -1.19. The standard InChI is InChI=1S/C8H19N3O2/c1-11-5-6(13-2)3-4-7(9)8(10)12/h6-7,11H,3-5,9H2,1-2H3,(H2,10,12). The minimum atomic E-state index is -0.561. The molecular weight excluding hydrogens is 170 g/mol. The van der Waals surface area contributed by atoms with Crippen LogP contribution in [0.25, 0.3) is 0 Å². The highest BCUT2D eigenvalue weighted by molar-refractivity contribution is 5.79. The van der Waals surface area contributed by atoms with E-state index in [4.69, 9.17) is 16.2 Å². The second-order valence-electron chi connectivity index (χ2n) is 3.00. The first-order valence-corrected chi connectivity index (χ1v) is 4.34. The van der Waals surface area contributed by atoms with E-state index in [2.05, 4.69) is 5.32 Å². The number of hydrogen-bond donors (Lipinski definition) is 3. The van der Waals surface area contributed by atoms with Crippen LogP contribution in [0, 0.1) is 0 Å². The van der Waals surface area contributed by atoms with E-state index >= 15 is 0 Å². The van der Waals surface area contributed by atoms with Crippen molar-refractivity contribution >= 4 is 5.91 Å². The fourth-order valence-electron chi connectivity index (χ4n) is 1.04. The average molecular weight is 189 g/mol. The second-order valence-corrected chi connectivity index (χ2v) is 3.00. The van der Waals surface area contributed by atoms with Gasteiger partial charge in [0.05, 0.1) is 12.1 Å². The summed E-state index contributed by atoms with van der Waals surface area (Å²) in [5.41, 5.74) is 10.5. The Hall–Kier alpha value is -0.650. The summed E-state index contributed by atoms with van der Waals surface area (Å²) in [4.78, 5) is 10.6. The number of carbonyl (C=O) groups is 1. The van der Waals surface area contributed by atoms with Gasteiger partial charge >= 0.3 is 0 Å². The summed E-state index contributed by atoms with van der Waals surface area (Å²) in [5, 5.41) is 2.99. The SMILES string of the molecule is CNCC(CCC(N)C(N)=O)OC. The zero-order valence-electron chi connectivity index (χ0n) is 8.25. The van der Waals surface area contributed by atoms with E-state index in [9.17, 15) is 4.79 Å². The normalized spacial score (nSPS) is 15.3. The first-order chi connectivity index (χ1) is 6.11. The van der Waals surface area contributed by atoms with Gasteiger partial charge in [0.1, 0.15) is 0 Å². The number of methoxy groups -OCH3 is 1. The highest BCUT2D eigenvalue weighted by atomic mass is 16.5. The lowest BCUT2D eigenvalue weighted by Crippen LogP contribution is -2.38. The number of rotatable bonds is 7. The van der Waals surface area contributed by atoms with Crippen molar-refractivity contribution in [2.45, 2.75) is 25.0 Å². The molecular formula is C8H19N3O2. The van der Waals surface area contributed by atoms with Gasteiger partial charge in [-0.1, -0.05) is 0 Å². The van der Waals surface area contributed by atoms with Crippen molar-refractivity contribution in [1.82, 2.24) is 5.32 Å². The van der Waals surface area contributed by atoms with Crippen LogP contribution in [0.4, 0.5) is 0 Å². The number of nitrogens with two attached hydrogens (primary N) is 2. The second kappa shape index (κ2) is 6.82. The summed E-state index contributed by atoms with van der Waals surface area (Å²) >= 11 is 0. The van der Waals surface area contributed by atoms with Crippen LogP contribution in [0.3, 0.4) is 0 Å². The van der Waals surface area contributed by atoms with E-state index in [-0.39, 0.29) is 6.10 Å². The van der Waals surface area contributed by atoms with E-state index in [1.165, 1.54) is 0 Å². The van der Waals surface area contributed by atoms with Gasteiger partial charge in [-0.05, 0) is 19.9 Å². The Bertz CT molecular complexity index is 152. The first-order valence-electron chi connectivity index (χ1n) is 4.34. The molecule has 0 aliphatic carbocycles. The summed E-state index contributed by atoms with van der Waals surface area (Å²) in [6.45, 7) is 0.752. The molecule has 0 aromatic heterocycles. The highest BCUT2D eigenvalue weighted by Gasteiger charge is 2.12. The van der Waals surface area contributed by atoms with Crippen LogP contribution < -0.4 is 16.8 Å². The first kappa shape index (κ1) is 12.3. The molecule has 5 nitrogen and oxygen atoms in total. The molecule has 0 rings (SSSR count). The van der Waals surface area contributed by atoms with E-state index in [1.807, 2.05) is 7.05 Å². The molecule has 0 fully saturated rings. The third-order valence-corrected chi connectivity index (χ3v) is 1.93. The van der Waals surface area contributed by atoms with Crippen molar-refractivity contribution in [3.05, 3.63) is 0 Å². The third kappa shape index (κ3) is 5.57. The molecule has 0 spiro atoms. The molecule has 0 aromatic carbocycles. The zero-order chi connectivity index (χ0) is 10.3. The molecule has 5 heteroatoms. The van der Waals surface area contributed by atoms with Crippen molar-refractivity contribution in [3.63, 3.8) is 0 Å². The fourth-order valence-corrected chi connectivity index (χ4v) is 1.04. The van der Waals surface area contributed by atoms with Crippen LogP contribution >= 0.6 is 0 Å². The number of hydrogen-bond acceptors (Lipinski definition) is 4. The van der Waals surface area contributed by atoms with Crippen LogP contribution in [0.5, 0.6) is 0 Å². The number of primary amides is 1. The lowest BCUT2D eigenvalue weighted by molar-refractivity contribution is -0.119. The number of carbonyl (C=O) groups excluding carboxylic acids is 1. The average Bonchev–Trinajstić information content (AvgIpc) is 2.11. The van der Waals surface area contributed by atoms with Crippen LogP contribution in [-0.2, 0) is 9.53 Å². The van der Waals surface area contributed by atoms with Gasteiger partial charge in [0.15, 0.2) is 0 Å². The smallest absolute Gasteiger partial charge is 0.234 e. The van der Waals surface area contributed by atoms with Gasteiger partial charge in [-0.3, -0.25) is 4.79 Å². The zero-order valence-corrected chi connectivity index (χ0v) is 8.25. The minimum absolute atomic E-state index is 0.0930. The van der Waals surface area contributed by atoms with Gasteiger partial charge in [0.25, 0.3) is 0 Å². The molecule has 0 aromatic rings. The van der Waals surface area contributed by atoms with Crippen molar-refractivity contribution in [1.29, 1.82) is 0 Å². The van der Waals surface area contributed by atoms with Crippen molar-refractivity contribution in [3.8, 4) is 0 Å². The molecule has 0 radical (unpaired) electrons. The Morgan fingerprint density at radius 2 is 2.15 bits per heavy atom. The lowest BCUT2D eigenvalue weighted by atomic mass is 10.1. The summed E-state index contributed by atoms with van der Waals surface area (Å²) < 4.78 is 5.15. The van der Waals surface area contributed by atoms with E-state index in [0.29, 0.717) is 6.42 Å². The van der Waals surface area contributed by atoms with E-state index < -0.39 is 11.9 Å². The molecule has 0 heterocycles. The predicted molar refractivity (Wildman–Crippen MR) is 51.1 cm³/mol. The Morgan fingerprint density at radius 1 is 1.54 bits per heavy atom. The summed E-state index contributed by atoms with van der Waals surface area (Å²) in [5.74, 6) is -0.459. The molecule has 2 atom stereocenters. The van der Waals surface area contributed by atoms with Crippen LogP contribution in [-0.4, -0.2) is 38.8 Å². The number of nitrogens with one attached hydrogen (secondary N) is 1. The molecule has 1 amide bonds. The maximum absolute atomic E-state index is 10.6. The molecule has 0 saturated carbocycles. The molecule has 5 N–H and O–H groups in total. The summed E-state index contributed by atoms with van der Waals surface area (Å²) in [6, 6.07) is -0.561. The fraction of sp³-hybridized carbons (Fsp3) is 0.875. The van der Waals surface area contributed by atoms with E-state index in [0.717, 1.165) is 13.0 Å². The Labute approximate surface area is 78.8 Å². The van der Waals surface area contributed by atoms with Crippen molar-refractivity contribution < 1.29 is 9.53 Å². The van der Waals surface area contributed by atoms with Gasteiger partial charge < -0.3 is 21.5 Å². The van der Waals surface area contributed by atoms with Crippen molar-refractivity contribution in [2.75, 3.05) is 20.7 Å². The van der Waals surface area contributed by atoms with Gasteiger partial charge in [0.2, 0.25) is 5.91 Å². The maximum atomic E-state index is 10.6. The van der Waals surface area contributed by atoms with Gasteiger partial charge in [-0.25, -0.2) is 0 Å². The Kier molecular flexibility index (Phi) is 6.48. The van der Waals surface area contributed by atoms with Crippen LogP contribution in [0.15, 0.2) is 0 Å². The largest absolute Gasteiger partial charge is 0.380 e. The van der Waals surface area contributed by atoms with Gasteiger partial charge in [-0.2, -0.15) is 0 Å². The number of ether oxygens (including phenoxy) is 1. The third-order valence-electron chi connectivity index (χ3n) is 1.93. The van der Waals surface area contributed by atoms with E-state index in [1.54, 1.807) is 7.11 Å². The van der Waals surface area contributed by atoms with Crippen LogP contribution in [0.1, 0.15) is 12.8 Å². The van der Waals surface area contributed by atoms with Crippen LogP contribution in [0.2, 0.25) is 0 Å². The highest BCUT2D eigenvalue weighted by Crippen LogP contribution is 2.02. The Morgan fingerprint density at radius 3 is 2.54 bits per heavy atom. The van der Waals surface area contributed by atoms with Gasteiger partial charge in [0, 0.05) is 13.7 Å². The Balaban J connectivity index is 3.64. The number of likely N-dealkylation sites (N-methyl/N-ethyl adjacent to an activating group) is 1. The summed E-state index contributed by atoms with van der Waals surface area (Å²) in [6.07, 6.45) is 1.40. The lowest BCUT2D eigenvalue weighted by Gasteiger charge is -2.15. The quantitative estimate of drug-likeness (QED) is 0.470. The molecule has 0 aliphatic rings. The minimum Gasteiger partial charge on any atom is -0.380 e. The topological polar surface area (TPSA) is 90.4 Å². The number of amides is 1. The molecule has 0 bridgehead atoms. The summed E-state index contributed by atoms with van der Waals surface area (Å²) in [7, 11) is 3.48. The van der Waals surface area contributed by atoms with Gasteiger partial charge in [-0.15, -0.1) is 0 Å². The maximum Gasteiger partial charge on any atom is 0.234 e. The molecule has 13 heavy (non-hydrogen) atoms. The molecule has 0 saturated heterocycles. The molecule has 78 valence electrons. The molecule has 0 aliphatic heterocycles.